The van der Waals surface area contributed by atoms with Crippen molar-refractivity contribution in [3.63, 3.8) is 0 Å². The van der Waals surface area contributed by atoms with E-state index < -0.39 is 0 Å². The second-order valence-electron chi connectivity index (χ2n) is 4.44. The van der Waals surface area contributed by atoms with E-state index in [2.05, 4.69) is 15.9 Å². The Morgan fingerprint density at radius 2 is 1.85 bits per heavy atom. The molecule has 0 aromatic heterocycles. The Bertz CT molecular complexity index is 626. The highest BCUT2D eigenvalue weighted by Gasteiger charge is 2.12. The van der Waals surface area contributed by atoms with Crippen molar-refractivity contribution >= 4 is 21.7 Å². The lowest BCUT2D eigenvalue weighted by molar-refractivity contribution is -0.117. The van der Waals surface area contributed by atoms with Crippen LogP contribution in [0.15, 0.2) is 46.9 Å². The molecule has 0 aliphatic carbocycles. The van der Waals surface area contributed by atoms with Gasteiger partial charge in [-0.05, 0) is 29.8 Å². The van der Waals surface area contributed by atoms with Gasteiger partial charge in [-0.3, -0.25) is 4.79 Å². The van der Waals surface area contributed by atoms with Crippen molar-refractivity contribution in [3.8, 4) is 5.75 Å². The highest BCUT2D eigenvalue weighted by atomic mass is 79.9. The number of carbonyl (C=O) groups is 1. The zero-order valence-corrected chi connectivity index (χ0v) is 12.6. The molecule has 0 heterocycles. The second-order valence-corrected chi connectivity index (χ2v) is 5.36. The molecule has 2 nitrogen and oxygen atoms in total. The van der Waals surface area contributed by atoms with Gasteiger partial charge in [-0.1, -0.05) is 34.1 Å². The summed E-state index contributed by atoms with van der Waals surface area (Å²) in [5, 5.41) is 0. The molecule has 0 amide bonds. The second kappa shape index (κ2) is 6.66. The van der Waals surface area contributed by atoms with Crippen molar-refractivity contribution in [1.82, 2.24) is 0 Å². The zero-order chi connectivity index (χ0) is 14.5. The van der Waals surface area contributed by atoms with Gasteiger partial charge < -0.3 is 4.74 Å². The van der Waals surface area contributed by atoms with Gasteiger partial charge in [0.15, 0.2) is 0 Å². The minimum absolute atomic E-state index is 0.0495. The molecule has 0 N–H and O–H groups in total. The molecular formula is C16H14BrFO2. The number of carbonyl (C=O) groups excluding carboxylic acids is 1. The Labute approximate surface area is 125 Å². The molecule has 2 rings (SSSR count). The van der Waals surface area contributed by atoms with E-state index in [0.29, 0.717) is 11.3 Å². The number of Topliss-reactive ketones (excluding diaryl/α,β-unsaturated/α-hetero) is 1. The van der Waals surface area contributed by atoms with Gasteiger partial charge in [0.2, 0.25) is 0 Å². The Hall–Kier alpha value is -1.68. The van der Waals surface area contributed by atoms with Crippen molar-refractivity contribution in [2.45, 2.75) is 12.8 Å². The maximum Gasteiger partial charge on any atom is 0.141 e. The summed E-state index contributed by atoms with van der Waals surface area (Å²) in [4.78, 5) is 12.1. The molecule has 0 radical (unpaired) electrons. The molecular weight excluding hydrogens is 323 g/mol. The molecule has 0 saturated heterocycles. The lowest BCUT2D eigenvalue weighted by atomic mass is 10.0. The molecule has 4 heteroatoms. The maximum atomic E-state index is 13.5. The van der Waals surface area contributed by atoms with Crippen molar-refractivity contribution in [2.75, 3.05) is 7.11 Å². The Kier molecular flexibility index (Phi) is 4.90. The number of halogens is 2. The van der Waals surface area contributed by atoms with Crippen molar-refractivity contribution < 1.29 is 13.9 Å². The van der Waals surface area contributed by atoms with Gasteiger partial charge in [-0.25, -0.2) is 4.39 Å². The van der Waals surface area contributed by atoms with Gasteiger partial charge in [0.25, 0.3) is 0 Å². The van der Waals surface area contributed by atoms with Crippen LogP contribution >= 0.6 is 15.9 Å². The largest absolute Gasteiger partial charge is 0.496 e. The van der Waals surface area contributed by atoms with Crippen LogP contribution in [-0.2, 0) is 17.6 Å². The third kappa shape index (κ3) is 3.67. The van der Waals surface area contributed by atoms with E-state index in [9.17, 15) is 9.18 Å². The summed E-state index contributed by atoms with van der Waals surface area (Å²) in [6.07, 6.45) is 0.305. The molecule has 0 aliphatic rings. The fraction of sp³-hybridized carbons (Fsp3) is 0.188. The summed E-state index contributed by atoms with van der Waals surface area (Å²) in [5.41, 5.74) is 1.22. The van der Waals surface area contributed by atoms with Crippen LogP contribution in [0.5, 0.6) is 5.75 Å². The Morgan fingerprint density at radius 3 is 2.55 bits per heavy atom. The van der Waals surface area contributed by atoms with Gasteiger partial charge in [-0.2, -0.15) is 0 Å². The molecule has 0 bridgehead atoms. The van der Waals surface area contributed by atoms with E-state index in [1.807, 2.05) is 12.1 Å². The van der Waals surface area contributed by atoms with Crippen LogP contribution in [0.2, 0.25) is 0 Å². The number of hydrogen-bond acceptors (Lipinski definition) is 2. The lowest BCUT2D eigenvalue weighted by Gasteiger charge is -2.09. The average molecular weight is 337 g/mol. The van der Waals surface area contributed by atoms with Crippen LogP contribution < -0.4 is 4.74 Å². The third-order valence-electron chi connectivity index (χ3n) is 2.98. The molecule has 0 atom stereocenters. The summed E-state index contributed by atoms with van der Waals surface area (Å²) in [5.74, 6) is 0.267. The quantitative estimate of drug-likeness (QED) is 0.826. The van der Waals surface area contributed by atoms with E-state index in [0.717, 1.165) is 10.0 Å². The molecule has 2 aromatic rings. The molecule has 104 valence electrons. The van der Waals surface area contributed by atoms with Gasteiger partial charge in [0.05, 0.1) is 7.11 Å². The smallest absolute Gasteiger partial charge is 0.141 e. The van der Waals surface area contributed by atoms with Crippen LogP contribution in [-0.4, -0.2) is 12.9 Å². The van der Waals surface area contributed by atoms with E-state index >= 15 is 0 Å². The number of methoxy groups -OCH3 is 1. The van der Waals surface area contributed by atoms with E-state index in [-0.39, 0.29) is 24.4 Å². The predicted octanol–water partition coefficient (Wildman–Crippen LogP) is 3.95. The summed E-state index contributed by atoms with van der Waals surface area (Å²) >= 11 is 3.37. The number of benzene rings is 2. The molecule has 0 spiro atoms. The summed E-state index contributed by atoms with van der Waals surface area (Å²) in [7, 11) is 1.56. The fourth-order valence-corrected chi connectivity index (χ4v) is 2.42. The normalized spacial score (nSPS) is 10.3. The number of hydrogen-bond donors (Lipinski definition) is 0. The highest BCUT2D eigenvalue weighted by Crippen LogP contribution is 2.24. The number of ketones is 1. The zero-order valence-electron chi connectivity index (χ0n) is 11.0. The number of rotatable bonds is 5. The van der Waals surface area contributed by atoms with Gasteiger partial charge in [0, 0.05) is 22.9 Å². The summed E-state index contributed by atoms with van der Waals surface area (Å²) in [6, 6.07) is 11.8. The maximum absolute atomic E-state index is 13.5. The van der Waals surface area contributed by atoms with Gasteiger partial charge in [0.1, 0.15) is 17.3 Å². The van der Waals surface area contributed by atoms with Crippen LogP contribution in [0.3, 0.4) is 0 Å². The van der Waals surface area contributed by atoms with Crippen LogP contribution in [0.4, 0.5) is 4.39 Å². The first-order valence-electron chi connectivity index (χ1n) is 6.17. The predicted molar refractivity (Wildman–Crippen MR) is 79.5 cm³/mol. The molecule has 0 fully saturated rings. The molecule has 0 aliphatic heterocycles. The van der Waals surface area contributed by atoms with E-state index in [1.165, 1.54) is 6.07 Å². The topological polar surface area (TPSA) is 26.3 Å². The SMILES string of the molecule is COc1ccc(Br)cc1CC(=O)Cc1ccccc1F. The van der Waals surface area contributed by atoms with Crippen molar-refractivity contribution in [3.05, 3.63) is 63.9 Å². The van der Waals surface area contributed by atoms with Crippen molar-refractivity contribution in [2.24, 2.45) is 0 Å². The van der Waals surface area contributed by atoms with Crippen LogP contribution in [0, 0.1) is 5.82 Å². The first-order valence-corrected chi connectivity index (χ1v) is 6.97. The van der Waals surface area contributed by atoms with E-state index in [1.54, 1.807) is 31.4 Å². The van der Waals surface area contributed by atoms with Gasteiger partial charge >= 0.3 is 0 Å². The standard InChI is InChI=1S/C16H14BrFO2/c1-20-16-7-6-13(17)8-12(16)10-14(19)9-11-4-2-3-5-15(11)18/h2-8H,9-10H2,1H3. The minimum Gasteiger partial charge on any atom is -0.496 e. The average Bonchev–Trinajstić information content (AvgIpc) is 2.41. The Morgan fingerprint density at radius 1 is 1.15 bits per heavy atom. The lowest BCUT2D eigenvalue weighted by Crippen LogP contribution is -2.09. The summed E-state index contributed by atoms with van der Waals surface area (Å²) in [6.45, 7) is 0. The minimum atomic E-state index is -0.345. The highest BCUT2D eigenvalue weighted by molar-refractivity contribution is 9.10. The monoisotopic (exact) mass is 336 g/mol. The molecule has 20 heavy (non-hydrogen) atoms. The third-order valence-corrected chi connectivity index (χ3v) is 3.47. The fourth-order valence-electron chi connectivity index (χ4n) is 2.01. The first-order chi connectivity index (χ1) is 9.60. The molecule has 0 unspecified atom stereocenters. The van der Waals surface area contributed by atoms with Gasteiger partial charge in [-0.15, -0.1) is 0 Å². The molecule has 2 aromatic carbocycles. The van der Waals surface area contributed by atoms with E-state index in [4.69, 9.17) is 4.74 Å². The molecule has 0 saturated carbocycles. The van der Waals surface area contributed by atoms with Crippen LogP contribution in [0.1, 0.15) is 11.1 Å². The van der Waals surface area contributed by atoms with Crippen LogP contribution in [0.25, 0.3) is 0 Å². The first kappa shape index (κ1) is 14.7. The van der Waals surface area contributed by atoms with Crippen molar-refractivity contribution in [1.29, 1.82) is 0 Å². The summed E-state index contributed by atoms with van der Waals surface area (Å²) < 4.78 is 19.6. The Balaban J connectivity index is 2.12. The number of ether oxygens (including phenoxy) is 1.